The monoisotopic (exact) mass is 460 g/mol. The molecule has 1 aliphatic carbocycles. The molecule has 0 bridgehead atoms. The number of para-hydroxylation sites is 1. The Morgan fingerprint density at radius 3 is 2.76 bits per heavy atom. The van der Waals surface area contributed by atoms with Gasteiger partial charge in [0.25, 0.3) is 0 Å². The predicted molar refractivity (Wildman–Crippen MR) is 117 cm³/mol. The Morgan fingerprint density at radius 1 is 1.40 bits per heavy atom. The quantitative estimate of drug-likeness (QED) is 0.386. The van der Waals surface area contributed by atoms with Crippen LogP contribution < -0.4 is 11.1 Å². The number of nitrogens with one attached hydrogen (secondary N) is 1. The molecule has 1 aromatic rings. The summed E-state index contributed by atoms with van der Waals surface area (Å²) in [4.78, 5) is 7.00. The summed E-state index contributed by atoms with van der Waals surface area (Å²) in [6, 6.07) is 8.01. The molecular formula is C19H33IN4O. The van der Waals surface area contributed by atoms with Gasteiger partial charge >= 0.3 is 0 Å². The van der Waals surface area contributed by atoms with Gasteiger partial charge in [-0.15, -0.1) is 24.0 Å². The van der Waals surface area contributed by atoms with Crippen LogP contribution >= 0.6 is 24.0 Å². The van der Waals surface area contributed by atoms with Gasteiger partial charge in [-0.1, -0.05) is 38.0 Å². The first-order valence-corrected chi connectivity index (χ1v) is 8.78. The minimum atomic E-state index is 0. The van der Waals surface area contributed by atoms with E-state index in [1.165, 1.54) is 25.7 Å². The number of anilines is 1. The van der Waals surface area contributed by atoms with Crippen molar-refractivity contribution in [3.8, 4) is 0 Å². The van der Waals surface area contributed by atoms with Crippen LogP contribution in [0.15, 0.2) is 29.3 Å². The van der Waals surface area contributed by atoms with E-state index in [2.05, 4.69) is 36.2 Å². The lowest BCUT2D eigenvalue weighted by Crippen LogP contribution is -2.50. The van der Waals surface area contributed by atoms with Gasteiger partial charge in [-0.2, -0.15) is 0 Å². The van der Waals surface area contributed by atoms with E-state index in [9.17, 15) is 0 Å². The fourth-order valence-corrected chi connectivity index (χ4v) is 3.66. The summed E-state index contributed by atoms with van der Waals surface area (Å²) >= 11 is 0. The van der Waals surface area contributed by atoms with Crippen LogP contribution in [0.5, 0.6) is 0 Å². The fourth-order valence-electron chi connectivity index (χ4n) is 3.66. The van der Waals surface area contributed by atoms with Crippen molar-refractivity contribution in [2.24, 2.45) is 16.6 Å². The van der Waals surface area contributed by atoms with Crippen LogP contribution in [-0.2, 0) is 11.3 Å². The lowest BCUT2D eigenvalue weighted by molar-refractivity contribution is 0.0846. The number of guanidine groups is 1. The third-order valence-corrected chi connectivity index (χ3v) is 5.14. The van der Waals surface area contributed by atoms with Crippen molar-refractivity contribution in [1.29, 1.82) is 0 Å². The van der Waals surface area contributed by atoms with E-state index >= 15 is 0 Å². The summed E-state index contributed by atoms with van der Waals surface area (Å²) in [5.74, 6) is 1.21. The Morgan fingerprint density at radius 2 is 2.12 bits per heavy atom. The van der Waals surface area contributed by atoms with Crippen LogP contribution in [0, 0.1) is 5.92 Å². The molecule has 0 heterocycles. The van der Waals surface area contributed by atoms with E-state index in [1.807, 2.05) is 24.3 Å². The number of ether oxygens (including phenoxy) is 1. The van der Waals surface area contributed by atoms with Gasteiger partial charge < -0.3 is 20.7 Å². The highest BCUT2D eigenvalue weighted by atomic mass is 127. The van der Waals surface area contributed by atoms with E-state index in [-0.39, 0.29) is 29.5 Å². The highest BCUT2D eigenvalue weighted by molar-refractivity contribution is 14.0. The van der Waals surface area contributed by atoms with E-state index in [1.54, 1.807) is 7.11 Å². The maximum Gasteiger partial charge on any atom is 0.193 e. The Kier molecular flexibility index (Phi) is 9.16. The first-order valence-electron chi connectivity index (χ1n) is 8.78. The normalized spacial score (nSPS) is 24.0. The number of likely N-dealkylation sites (N-methyl/N-ethyl adjacent to an activating group) is 1. The minimum absolute atomic E-state index is 0. The second kappa shape index (κ2) is 10.3. The average molecular weight is 460 g/mol. The van der Waals surface area contributed by atoms with Gasteiger partial charge in [0.05, 0.1) is 13.2 Å². The molecule has 3 N–H and O–H groups in total. The molecule has 5 nitrogen and oxygen atoms in total. The highest BCUT2D eigenvalue weighted by Crippen LogP contribution is 2.35. The number of hydrogen-bond donors (Lipinski definition) is 2. The van der Waals surface area contributed by atoms with E-state index in [0.717, 1.165) is 23.7 Å². The summed E-state index contributed by atoms with van der Waals surface area (Å²) < 4.78 is 5.24. The molecule has 25 heavy (non-hydrogen) atoms. The molecule has 0 radical (unpaired) electrons. The van der Waals surface area contributed by atoms with Crippen molar-refractivity contribution in [2.75, 3.05) is 33.1 Å². The zero-order valence-electron chi connectivity index (χ0n) is 15.9. The fraction of sp³-hybridized carbons (Fsp3) is 0.632. The number of aliphatic imine (C=N–C) groups is 1. The highest BCUT2D eigenvalue weighted by Gasteiger charge is 2.36. The number of nitrogens with zero attached hydrogens (tertiary/aromatic N) is 2. The van der Waals surface area contributed by atoms with Crippen molar-refractivity contribution in [1.82, 2.24) is 4.90 Å². The molecule has 1 fully saturated rings. The maximum atomic E-state index is 6.16. The molecule has 2 rings (SSSR count). The molecule has 0 saturated heterocycles. The third kappa shape index (κ3) is 6.11. The molecule has 0 aromatic heterocycles. The van der Waals surface area contributed by atoms with Gasteiger partial charge in [0.2, 0.25) is 0 Å². The van der Waals surface area contributed by atoms with E-state index < -0.39 is 0 Å². The Bertz CT molecular complexity index is 564. The summed E-state index contributed by atoms with van der Waals surface area (Å²) in [7, 11) is 6.01. The molecule has 1 saturated carbocycles. The number of rotatable bonds is 6. The molecule has 142 valence electrons. The zero-order chi connectivity index (χ0) is 17.6. The first-order chi connectivity index (χ1) is 11.5. The number of benzene rings is 1. The molecule has 1 aromatic carbocycles. The van der Waals surface area contributed by atoms with E-state index in [4.69, 9.17) is 10.5 Å². The van der Waals surface area contributed by atoms with Gasteiger partial charge in [0.1, 0.15) is 0 Å². The van der Waals surface area contributed by atoms with Gasteiger partial charge in [-0.3, -0.25) is 4.99 Å². The number of hydrogen-bond acceptors (Lipinski definition) is 3. The summed E-state index contributed by atoms with van der Waals surface area (Å²) in [6.45, 7) is 3.62. The van der Waals surface area contributed by atoms with E-state index in [0.29, 0.717) is 12.6 Å². The number of nitrogens with two attached hydrogens (primary N) is 1. The molecule has 2 atom stereocenters. The summed E-state index contributed by atoms with van der Waals surface area (Å²) in [5, 5.41) is 3.23. The Hall–Kier alpha value is -0.860. The van der Waals surface area contributed by atoms with Crippen LogP contribution in [0.1, 0.15) is 38.2 Å². The topological polar surface area (TPSA) is 62.9 Å². The van der Waals surface area contributed by atoms with Crippen molar-refractivity contribution in [3.05, 3.63) is 29.8 Å². The van der Waals surface area contributed by atoms with Crippen molar-refractivity contribution >= 4 is 35.6 Å². The van der Waals surface area contributed by atoms with Crippen molar-refractivity contribution < 1.29 is 4.74 Å². The molecular weight excluding hydrogens is 427 g/mol. The summed E-state index contributed by atoms with van der Waals surface area (Å²) in [6.07, 6.45) is 4.94. The molecule has 0 spiro atoms. The molecule has 0 aliphatic heterocycles. The maximum absolute atomic E-state index is 6.16. The lowest BCUT2D eigenvalue weighted by Gasteiger charge is -2.44. The van der Waals surface area contributed by atoms with Crippen LogP contribution in [0.2, 0.25) is 0 Å². The number of methoxy groups -OCH3 is 1. The zero-order valence-corrected chi connectivity index (χ0v) is 18.2. The molecule has 1 aliphatic rings. The largest absolute Gasteiger partial charge is 0.380 e. The minimum Gasteiger partial charge on any atom is -0.380 e. The molecule has 0 amide bonds. The Labute approximate surface area is 169 Å². The first kappa shape index (κ1) is 22.2. The van der Waals surface area contributed by atoms with Gasteiger partial charge in [0, 0.05) is 23.9 Å². The predicted octanol–water partition coefficient (Wildman–Crippen LogP) is 3.69. The average Bonchev–Trinajstić information content (AvgIpc) is 2.55. The lowest BCUT2D eigenvalue weighted by atomic mass is 9.75. The van der Waals surface area contributed by atoms with Crippen molar-refractivity contribution in [3.63, 3.8) is 0 Å². The summed E-state index contributed by atoms with van der Waals surface area (Å²) in [5.41, 5.74) is 8.31. The standard InChI is InChI=1S/C19H32N4O.HI/c1-15-8-7-11-19(12-15,23(2)3)14-21-18(20)22-17-10-6-5-9-16(17)13-24-4;/h5-6,9-10,15H,7-8,11-14H2,1-4H3,(H3,20,21,22);1H. The van der Waals surface area contributed by atoms with Gasteiger partial charge in [0.15, 0.2) is 5.96 Å². The molecule has 6 heteroatoms. The van der Waals surface area contributed by atoms with Crippen LogP contribution in [0.3, 0.4) is 0 Å². The smallest absolute Gasteiger partial charge is 0.193 e. The number of halogens is 1. The van der Waals surface area contributed by atoms with Gasteiger partial charge in [-0.05, 0) is 38.9 Å². The second-order valence-corrected chi connectivity index (χ2v) is 7.24. The van der Waals surface area contributed by atoms with Crippen molar-refractivity contribution in [2.45, 2.75) is 44.8 Å². The third-order valence-electron chi connectivity index (χ3n) is 5.14. The second-order valence-electron chi connectivity index (χ2n) is 7.24. The van der Waals surface area contributed by atoms with Crippen LogP contribution in [0.25, 0.3) is 0 Å². The molecule has 2 unspecified atom stereocenters. The van der Waals surface area contributed by atoms with Crippen LogP contribution in [0.4, 0.5) is 5.69 Å². The van der Waals surface area contributed by atoms with Gasteiger partial charge in [-0.25, -0.2) is 0 Å². The van der Waals surface area contributed by atoms with Crippen LogP contribution in [-0.4, -0.2) is 44.1 Å². The Balaban J connectivity index is 0.00000312. The SMILES string of the molecule is COCc1ccccc1NC(N)=NCC1(N(C)C)CCCC(C)C1.I.